The van der Waals surface area contributed by atoms with Crippen LogP contribution in [0.15, 0.2) is 67.0 Å². The van der Waals surface area contributed by atoms with E-state index < -0.39 is 5.82 Å². The second-order valence-electron chi connectivity index (χ2n) is 14.4. The topological polar surface area (TPSA) is 152 Å². The zero-order valence-electron chi connectivity index (χ0n) is 30.5. The first-order valence-corrected chi connectivity index (χ1v) is 18.5. The minimum atomic E-state index is -0.476. The number of nitrogens with zero attached hydrogens (tertiary/aromatic N) is 8. The fraction of sp³-hybridized carbons (Fsp3) is 0.317. The summed E-state index contributed by atoms with van der Waals surface area (Å²) in [6.07, 6.45) is 4.74. The number of hydrogen-bond acceptors (Lipinski definition) is 9. The molecule has 6 heterocycles. The second-order valence-corrected chi connectivity index (χ2v) is 14.4. The van der Waals surface area contributed by atoms with Gasteiger partial charge in [0, 0.05) is 53.5 Å². The van der Waals surface area contributed by atoms with E-state index in [-0.39, 0.29) is 12.0 Å². The van der Waals surface area contributed by atoms with Crippen molar-refractivity contribution in [3.63, 3.8) is 0 Å². The van der Waals surface area contributed by atoms with E-state index in [2.05, 4.69) is 42.1 Å². The lowest BCUT2D eigenvalue weighted by atomic mass is 9.93. The Hall–Kier alpha value is -6.17. The van der Waals surface area contributed by atoms with Crippen LogP contribution in [0, 0.1) is 24.1 Å². The van der Waals surface area contributed by atoms with Crippen molar-refractivity contribution in [1.29, 1.82) is 5.26 Å². The summed E-state index contributed by atoms with van der Waals surface area (Å²) in [6.45, 7) is 5.98. The number of rotatable bonds is 10. The number of pyridine rings is 1. The number of halogens is 1. The van der Waals surface area contributed by atoms with E-state index in [1.807, 2.05) is 41.9 Å². The van der Waals surface area contributed by atoms with Crippen LogP contribution in [-0.2, 0) is 31.5 Å². The van der Waals surface area contributed by atoms with Gasteiger partial charge < -0.3 is 23.9 Å². The molecule has 0 unspecified atom stereocenters. The predicted octanol–water partition coefficient (Wildman–Crippen LogP) is 6.51. The van der Waals surface area contributed by atoms with E-state index >= 15 is 0 Å². The smallest absolute Gasteiger partial charge is 0.255 e. The molecule has 7 aromatic rings. The van der Waals surface area contributed by atoms with Gasteiger partial charge >= 0.3 is 0 Å². The van der Waals surface area contributed by atoms with Gasteiger partial charge in [0.05, 0.1) is 58.8 Å². The van der Waals surface area contributed by atoms with E-state index in [1.54, 1.807) is 31.5 Å². The number of amides is 1. The Labute approximate surface area is 315 Å². The monoisotopic (exact) mass is 738 g/mol. The lowest BCUT2D eigenvalue weighted by molar-refractivity contribution is -0.0592. The summed E-state index contributed by atoms with van der Waals surface area (Å²) < 4.78 is 30.8. The Bertz CT molecular complexity index is 2630. The first-order valence-electron chi connectivity index (χ1n) is 18.5. The molecule has 0 bridgehead atoms. The van der Waals surface area contributed by atoms with Crippen LogP contribution in [0.25, 0.3) is 33.0 Å². The summed E-state index contributed by atoms with van der Waals surface area (Å²) in [4.78, 5) is 30.2. The zero-order valence-corrected chi connectivity index (χ0v) is 30.5. The minimum Gasteiger partial charge on any atom is -0.473 e. The van der Waals surface area contributed by atoms with Crippen LogP contribution in [0.2, 0.25) is 0 Å². The van der Waals surface area contributed by atoms with Crippen molar-refractivity contribution in [2.75, 3.05) is 25.0 Å². The highest BCUT2D eigenvalue weighted by molar-refractivity contribution is 6.06. The van der Waals surface area contributed by atoms with Crippen molar-refractivity contribution in [1.82, 2.24) is 39.2 Å². The number of H-pyrrole nitrogens is 1. The van der Waals surface area contributed by atoms with E-state index in [4.69, 9.17) is 19.4 Å². The van der Waals surface area contributed by atoms with Crippen LogP contribution in [0.4, 0.5) is 10.1 Å². The van der Waals surface area contributed by atoms with Crippen LogP contribution in [0.5, 0.6) is 5.88 Å². The van der Waals surface area contributed by atoms with Crippen LogP contribution in [0.1, 0.15) is 63.9 Å². The summed E-state index contributed by atoms with van der Waals surface area (Å²) in [6, 6.07) is 20.5. The third-order valence-corrected chi connectivity index (χ3v) is 10.9. The Balaban J connectivity index is 0.872. The Morgan fingerprint density at radius 1 is 1.11 bits per heavy atom. The quantitative estimate of drug-likeness (QED) is 0.160. The molecule has 0 radical (unpaired) electrons. The average molecular weight is 739 g/mol. The molecule has 14 heteroatoms. The van der Waals surface area contributed by atoms with Crippen molar-refractivity contribution in [2.45, 2.75) is 57.9 Å². The van der Waals surface area contributed by atoms with Gasteiger partial charge in [0.15, 0.2) is 5.82 Å². The number of fused-ring (bicyclic) bond motifs is 3. The van der Waals surface area contributed by atoms with Gasteiger partial charge in [-0.2, -0.15) is 10.4 Å². The van der Waals surface area contributed by atoms with E-state index in [0.717, 1.165) is 78.1 Å². The molecule has 13 nitrogen and oxygen atoms in total. The maximum absolute atomic E-state index is 14.7. The lowest BCUT2D eigenvalue weighted by Gasteiger charge is -2.32. The third kappa shape index (κ3) is 6.66. The van der Waals surface area contributed by atoms with Crippen molar-refractivity contribution < 1.29 is 18.7 Å². The van der Waals surface area contributed by atoms with Crippen LogP contribution >= 0.6 is 0 Å². The molecule has 3 aromatic carbocycles. The predicted molar refractivity (Wildman–Crippen MR) is 204 cm³/mol. The van der Waals surface area contributed by atoms with Crippen molar-refractivity contribution in [2.24, 2.45) is 7.05 Å². The lowest BCUT2D eigenvalue weighted by Crippen LogP contribution is -2.35. The van der Waals surface area contributed by atoms with Gasteiger partial charge in [0.25, 0.3) is 5.91 Å². The maximum Gasteiger partial charge on any atom is 0.255 e. The number of imidazole rings is 2. The van der Waals surface area contributed by atoms with E-state index in [1.165, 1.54) is 6.07 Å². The number of nitrogens with one attached hydrogen (secondary N) is 2. The molecule has 2 fully saturated rings. The van der Waals surface area contributed by atoms with Crippen molar-refractivity contribution >= 4 is 44.6 Å². The number of hydrogen-bond donors (Lipinski definition) is 2. The number of piperidine rings is 1. The number of aryl methyl sites for hydroxylation is 2. The molecule has 2 aliphatic heterocycles. The molecular formula is C41H39FN10O3. The van der Waals surface area contributed by atoms with Crippen LogP contribution < -0.4 is 10.1 Å². The molecule has 0 aliphatic carbocycles. The molecule has 0 spiro atoms. The third-order valence-electron chi connectivity index (χ3n) is 10.9. The molecule has 278 valence electrons. The number of nitriles is 1. The van der Waals surface area contributed by atoms with E-state index in [0.29, 0.717) is 64.9 Å². The van der Waals surface area contributed by atoms with Crippen molar-refractivity contribution in [3.8, 4) is 11.9 Å². The average Bonchev–Trinajstić information content (AvgIpc) is 3.86. The van der Waals surface area contributed by atoms with Gasteiger partial charge in [-0.15, -0.1) is 0 Å². The maximum atomic E-state index is 14.7. The van der Waals surface area contributed by atoms with Crippen molar-refractivity contribution in [3.05, 3.63) is 107 Å². The number of anilines is 1. The van der Waals surface area contributed by atoms with Gasteiger partial charge in [0.2, 0.25) is 5.88 Å². The van der Waals surface area contributed by atoms with Gasteiger partial charge in [-0.1, -0.05) is 12.1 Å². The summed E-state index contributed by atoms with van der Waals surface area (Å²) >= 11 is 0. The number of likely N-dealkylation sites (tertiary alicyclic amines) is 1. The summed E-state index contributed by atoms with van der Waals surface area (Å²) in [5.41, 5.74) is 7.51. The van der Waals surface area contributed by atoms with Gasteiger partial charge in [0.1, 0.15) is 24.0 Å². The molecular weight excluding hydrogens is 700 g/mol. The van der Waals surface area contributed by atoms with Gasteiger partial charge in [-0.05, 0) is 81.7 Å². The second kappa shape index (κ2) is 14.2. The first-order chi connectivity index (χ1) is 26.8. The molecule has 55 heavy (non-hydrogen) atoms. The molecule has 0 saturated carbocycles. The number of aromatic nitrogens is 7. The van der Waals surface area contributed by atoms with Crippen LogP contribution in [-0.4, -0.2) is 70.9 Å². The first kappa shape index (κ1) is 34.6. The number of carbonyl (C=O) groups is 1. The SMILES string of the molecule is Cc1n[nH]c2c(F)cc(NC(=O)c3ccc4c(c3)nc(CN3CCC(c5cccc(OCc6ccc(C#N)c7c6ncn7C)n5)CC3)n4C[C@@H]3CCO3)cc12. The zero-order chi connectivity index (χ0) is 37.6. The summed E-state index contributed by atoms with van der Waals surface area (Å²) in [5, 5.41) is 19.8. The highest BCUT2D eigenvalue weighted by atomic mass is 19.1. The van der Waals surface area contributed by atoms with Crippen LogP contribution in [0.3, 0.4) is 0 Å². The van der Waals surface area contributed by atoms with Gasteiger partial charge in [-0.25, -0.2) is 19.3 Å². The summed E-state index contributed by atoms with van der Waals surface area (Å²) in [5.74, 6) is 0.978. The summed E-state index contributed by atoms with van der Waals surface area (Å²) in [7, 11) is 1.88. The van der Waals surface area contributed by atoms with Gasteiger partial charge in [-0.3, -0.25) is 14.8 Å². The van der Waals surface area contributed by atoms with E-state index in [9.17, 15) is 14.4 Å². The standard InChI is InChI=1S/C41H39FN10O3/c1-24-31-17-29(18-32(42)39(31)49-48-24)45-41(53)26-8-9-35-34(16-26)46-36(52(35)20-30-12-15-54-30)21-51-13-10-25(11-14-51)33-4-3-5-37(47-33)55-22-28-7-6-27(19-43)40-38(28)44-23-50(40)2/h3-9,16-18,23,25,30H,10-15,20-22H2,1-2H3,(H,45,53)(H,48,49)/t30-/m0/s1. The molecule has 1 atom stereocenters. The fourth-order valence-corrected chi connectivity index (χ4v) is 7.77. The minimum absolute atomic E-state index is 0.133. The molecule has 2 N–H and O–H groups in total. The number of ether oxygens (including phenoxy) is 2. The molecule has 9 rings (SSSR count). The fourth-order valence-electron chi connectivity index (χ4n) is 7.77. The Morgan fingerprint density at radius 3 is 2.76 bits per heavy atom. The highest BCUT2D eigenvalue weighted by Gasteiger charge is 2.26. The normalized spacial score (nSPS) is 16.4. The molecule has 2 saturated heterocycles. The molecule has 1 amide bonds. The Kier molecular flexibility index (Phi) is 8.95. The Morgan fingerprint density at radius 2 is 1.96 bits per heavy atom. The largest absolute Gasteiger partial charge is 0.473 e. The molecule has 4 aromatic heterocycles. The number of aromatic amines is 1. The number of carbonyl (C=O) groups excluding carboxylic acids is 1. The number of benzene rings is 3. The highest BCUT2D eigenvalue weighted by Crippen LogP contribution is 2.31. The molecule has 2 aliphatic rings.